The molecule has 2 heterocycles. The summed E-state index contributed by atoms with van der Waals surface area (Å²) in [6, 6.07) is 8.15. The third-order valence-corrected chi connectivity index (χ3v) is 5.17. The Morgan fingerprint density at radius 1 is 1.17 bits per heavy atom. The fraction of sp³-hybridized carbons (Fsp3) is 0.632. The molecule has 0 radical (unpaired) electrons. The van der Waals surface area contributed by atoms with Gasteiger partial charge in [0, 0.05) is 39.3 Å². The second-order valence-electron chi connectivity index (χ2n) is 7.02. The lowest BCUT2D eigenvalue weighted by Gasteiger charge is -2.38. The van der Waals surface area contributed by atoms with Crippen molar-refractivity contribution in [1.82, 2.24) is 9.80 Å². The summed E-state index contributed by atoms with van der Waals surface area (Å²) >= 11 is 0. The van der Waals surface area contributed by atoms with Crippen LogP contribution in [0.3, 0.4) is 0 Å². The molecule has 2 fully saturated rings. The summed E-state index contributed by atoms with van der Waals surface area (Å²) < 4.78 is 5.46. The topological polar surface area (TPSA) is 36.0 Å². The summed E-state index contributed by atoms with van der Waals surface area (Å²) in [6.45, 7) is 8.39. The van der Waals surface area contributed by atoms with E-state index in [1.807, 2.05) is 18.2 Å². The number of likely N-dealkylation sites (tertiary alicyclic amines) is 1. The molecule has 1 unspecified atom stereocenters. The van der Waals surface area contributed by atoms with Crippen LogP contribution in [0.25, 0.3) is 0 Å². The molecule has 0 spiro atoms. The molecule has 0 aromatic heterocycles. The average molecular weight is 331 g/mol. The standard InChI is InChI=1S/C19H29N3O2/c1-16-6-5-9-22(14-16)19(23)15-20-10-12-21(13-11-20)17-7-3-4-8-18(17)24-2/h3-4,7-8,16H,5-6,9-15H2,1-2H3. The molecule has 5 heteroatoms. The van der Waals surface area contributed by atoms with Gasteiger partial charge in [0.15, 0.2) is 0 Å². The van der Waals surface area contributed by atoms with Crippen molar-refractivity contribution in [2.24, 2.45) is 5.92 Å². The van der Waals surface area contributed by atoms with Crippen molar-refractivity contribution in [1.29, 1.82) is 0 Å². The normalized spacial score (nSPS) is 22.5. The molecule has 1 aromatic carbocycles. The van der Waals surface area contributed by atoms with Gasteiger partial charge in [-0.2, -0.15) is 0 Å². The zero-order chi connectivity index (χ0) is 16.9. The maximum absolute atomic E-state index is 12.5. The van der Waals surface area contributed by atoms with Gasteiger partial charge in [-0.15, -0.1) is 0 Å². The Hall–Kier alpha value is -1.75. The quantitative estimate of drug-likeness (QED) is 0.846. The van der Waals surface area contributed by atoms with E-state index in [9.17, 15) is 4.79 Å². The number of methoxy groups -OCH3 is 1. The summed E-state index contributed by atoms with van der Waals surface area (Å²) in [5.41, 5.74) is 1.15. The van der Waals surface area contributed by atoms with E-state index in [1.54, 1.807) is 7.11 Å². The Morgan fingerprint density at radius 2 is 1.92 bits per heavy atom. The Kier molecular flexibility index (Phi) is 5.61. The molecule has 24 heavy (non-hydrogen) atoms. The number of carbonyl (C=O) groups is 1. The maximum atomic E-state index is 12.5. The second-order valence-corrected chi connectivity index (χ2v) is 7.02. The zero-order valence-electron chi connectivity index (χ0n) is 14.9. The third-order valence-electron chi connectivity index (χ3n) is 5.17. The minimum absolute atomic E-state index is 0.298. The number of hydrogen-bond acceptors (Lipinski definition) is 4. The third kappa shape index (κ3) is 4.01. The van der Waals surface area contributed by atoms with Crippen molar-refractivity contribution in [2.45, 2.75) is 19.8 Å². The lowest BCUT2D eigenvalue weighted by Crippen LogP contribution is -2.51. The van der Waals surface area contributed by atoms with Gasteiger partial charge in [0.2, 0.25) is 5.91 Å². The van der Waals surface area contributed by atoms with Crippen molar-refractivity contribution >= 4 is 11.6 Å². The van der Waals surface area contributed by atoms with Gasteiger partial charge in [0.1, 0.15) is 5.75 Å². The lowest BCUT2D eigenvalue weighted by atomic mass is 10.0. The molecule has 2 aliphatic rings. The number of carbonyl (C=O) groups excluding carboxylic acids is 1. The lowest BCUT2D eigenvalue weighted by molar-refractivity contribution is -0.134. The fourth-order valence-corrected chi connectivity index (χ4v) is 3.75. The zero-order valence-corrected chi connectivity index (χ0v) is 14.9. The molecule has 5 nitrogen and oxygen atoms in total. The van der Waals surface area contributed by atoms with Gasteiger partial charge in [-0.3, -0.25) is 9.69 Å². The number of benzene rings is 1. The molecular weight excluding hydrogens is 302 g/mol. The van der Waals surface area contributed by atoms with Gasteiger partial charge in [0.25, 0.3) is 0 Å². The molecule has 2 saturated heterocycles. The van der Waals surface area contributed by atoms with Gasteiger partial charge in [0.05, 0.1) is 19.3 Å². The van der Waals surface area contributed by atoms with Gasteiger partial charge in [-0.1, -0.05) is 19.1 Å². The van der Waals surface area contributed by atoms with Crippen LogP contribution in [-0.2, 0) is 4.79 Å². The Morgan fingerprint density at radius 3 is 2.62 bits per heavy atom. The minimum Gasteiger partial charge on any atom is -0.495 e. The second kappa shape index (κ2) is 7.88. The van der Waals surface area contributed by atoms with E-state index >= 15 is 0 Å². The number of hydrogen-bond donors (Lipinski definition) is 0. The van der Waals surface area contributed by atoms with E-state index < -0.39 is 0 Å². The van der Waals surface area contributed by atoms with Crippen molar-refractivity contribution in [3.05, 3.63) is 24.3 Å². The van der Waals surface area contributed by atoms with Crippen molar-refractivity contribution < 1.29 is 9.53 Å². The molecular formula is C19H29N3O2. The Balaban J connectivity index is 1.51. The van der Waals surface area contributed by atoms with E-state index in [4.69, 9.17) is 4.74 Å². The highest BCUT2D eigenvalue weighted by Gasteiger charge is 2.25. The van der Waals surface area contributed by atoms with E-state index in [2.05, 4.69) is 27.7 Å². The van der Waals surface area contributed by atoms with E-state index in [0.717, 1.165) is 57.1 Å². The number of nitrogens with zero attached hydrogens (tertiary/aromatic N) is 3. The predicted octanol–water partition coefficient (Wildman–Crippen LogP) is 2.08. The first-order chi connectivity index (χ1) is 11.7. The van der Waals surface area contributed by atoms with E-state index in [0.29, 0.717) is 18.4 Å². The molecule has 1 amide bonds. The van der Waals surface area contributed by atoms with Crippen molar-refractivity contribution in [3.8, 4) is 5.75 Å². The largest absolute Gasteiger partial charge is 0.495 e. The van der Waals surface area contributed by atoms with Crippen molar-refractivity contribution in [2.75, 3.05) is 57.8 Å². The first kappa shape index (κ1) is 17.1. The van der Waals surface area contributed by atoms with Crippen LogP contribution in [0.15, 0.2) is 24.3 Å². The maximum Gasteiger partial charge on any atom is 0.236 e. The number of anilines is 1. The molecule has 0 bridgehead atoms. The number of rotatable bonds is 4. The van der Waals surface area contributed by atoms with Crippen LogP contribution in [0.4, 0.5) is 5.69 Å². The molecule has 0 N–H and O–H groups in total. The molecule has 1 atom stereocenters. The smallest absolute Gasteiger partial charge is 0.236 e. The van der Waals surface area contributed by atoms with Crippen LogP contribution in [0.2, 0.25) is 0 Å². The molecule has 3 rings (SSSR count). The van der Waals surface area contributed by atoms with Crippen LogP contribution in [0.1, 0.15) is 19.8 Å². The number of para-hydroxylation sites is 2. The van der Waals surface area contributed by atoms with E-state index in [-0.39, 0.29) is 0 Å². The molecule has 0 saturated carbocycles. The first-order valence-electron chi connectivity index (χ1n) is 9.05. The van der Waals surface area contributed by atoms with Gasteiger partial charge < -0.3 is 14.5 Å². The number of piperidine rings is 1. The van der Waals surface area contributed by atoms with Crippen LogP contribution >= 0.6 is 0 Å². The summed E-state index contributed by atoms with van der Waals surface area (Å²) in [5.74, 6) is 1.86. The summed E-state index contributed by atoms with van der Waals surface area (Å²) in [7, 11) is 1.72. The minimum atomic E-state index is 0.298. The molecule has 132 valence electrons. The van der Waals surface area contributed by atoms with Crippen LogP contribution in [0.5, 0.6) is 5.75 Å². The Labute approximate surface area is 145 Å². The van der Waals surface area contributed by atoms with Crippen LogP contribution in [0, 0.1) is 5.92 Å². The summed E-state index contributed by atoms with van der Waals surface area (Å²) in [6.07, 6.45) is 2.40. The summed E-state index contributed by atoms with van der Waals surface area (Å²) in [4.78, 5) is 19.2. The fourth-order valence-electron chi connectivity index (χ4n) is 3.75. The summed E-state index contributed by atoms with van der Waals surface area (Å²) in [5, 5.41) is 0. The van der Waals surface area contributed by atoms with Gasteiger partial charge in [-0.05, 0) is 30.9 Å². The molecule has 0 aliphatic carbocycles. The van der Waals surface area contributed by atoms with Crippen LogP contribution in [-0.4, -0.2) is 68.6 Å². The van der Waals surface area contributed by atoms with Crippen molar-refractivity contribution in [3.63, 3.8) is 0 Å². The monoisotopic (exact) mass is 331 g/mol. The number of piperazine rings is 1. The number of amides is 1. The highest BCUT2D eigenvalue weighted by atomic mass is 16.5. The SMILES string of the molecule is COc1ccccc1N1CCN(CC(=O)N2CCCC(C)C2)CC1. The van der Waals surface area contributed by atoms with E-state index in [1.165, 1.54) is 6.42 Å². The average Bonchev–Trinajstić information content (AvgIpc) is 2.62. The predicted molar refractivity (Wildman–Crippen MR) is 96.6 cm³/mol. The number of ether oxygens (including phenoxy) is 1. The van der Waals surface area contributed by atoms with Gasteiger partial charge >= 0.3 is 0 Å². The highest BCUT2D eigenvalue weighted by Crippen LogP contribution is 2.28. The van der Waals surface area contributed by atoms with Gasteiger partial charge in [-0.25, -0.2) is 0 Å². The molecule has 1 aromatic rings. The highest BCUT2D eigenvalue weighted by molar-refractivity contribution is 5.78. The first-order valence-corrected chi connectivity index (χ1v) is 9.05. The Bertz CT molecular complexity index is 555. The van der Waals surface area contributed by atoms with Crippen LogP contribution < -0.4 is 9.64 Å². The molecule has 2 aliphatic heterocycles.